The number of carbonyl (C=O) groups is 2. The maximum atomic E-state index is 13.4. The van der Waals surface area contributed by atoms with E-state index in [2.05, 4.69) is 11.8 Å². The van der Waals surface area contributed by atoms with Gasteiger partial charge in [-0.25, -0.2) is 0 Å². The third-order valence-electron chi connectivity index (χ3n) is 7.08. The van der Waals surface area contributed by atoms with Crippen LogP contribution in [-0.4, -0.2) is 79.5 Å². The normalized spacial score (nSPS) is 27.5. The predicted octanol–water partition coefficient (Wildman–Crippen LogP) is 2.82. The molecule has 6 nitrogen and oxygen atoms in total. The van der Waals surface area contributed by atoms with Crippen LogP contribution in [0.3, 0.4) is 0 Å². The minimum Gasteiger partial charge on any atom is -0.379 e. The summed E-state index contributed by atoms with van der Waals surface area (Å²) in [7, 11) is 1.79. The van der Waals surface area contributed by atoms with Crippen molar-refractivity contribution in [2.75, 3.05) is 53.0 Å². The van der Waals surface area contributed by atoms with E-state index in [1.165, 1.54) is 0 Å². The summed E-state index contributed by atoms with van der Waals surface area (Å²) in [6.07, 6.45) is 2.26. The van der Waals surface area contributed by atoms with Crippen molar-refractivity contribution in [1.82, 2.24) is 14.7 Å². The van der Waals surface area contributed by atoms with Crippen molar-refractivity contribution >= 4 is 23.4 Å². The molecule has 0 N–H and O–H groups in total. The fourth-order valence-electron chi connectivity index (χ4n) is 5.20. The van der Waals surface area contributed by atoms with E-state index in [1.807, 2.05) is 29.2 Å². The van der Waals surface area contributed by atoms with Gasteiger partial charge in [0.15, 0.2) is 0 Å². The summed E-state index contributed by atoms with van der Waals surface area (Å²) < 4.78 is 5.46. The van der Waals surface area contributed by atoms with Crippen LogP contribution in [0.4, 0.5) is 0 Å². The van der Waals surface area contributed by atoms with Gasteiger partial charge in [-0.1, -0.05) is 30.7 Å². The number of hydrogen-bond donors (Lipinski definition) is 0. The molecule has 2 amide bonds. The van der Waals surface area contributed by atoms with Crippen LogP contribution < -0.4 is 0 Å². The number of carbonyl (C=O) groups excluding carboxylic acids is 2. The minimum atomic E-state index is -0.343. The molecule has 0 bridgehead atoms. The van der Waals surface area contributed by atoms with Crippen molar-refractivity contribution in [3.63, 3.8) is 0 Å². The molecule has 1 aromatic rings. The number of amides is 2. The molecule has 3 aliphatic heterocycles. The third-order valence-corrected chi connectivity index (χ3v) is 7.32. The number of hydrogen-bond acceptors (Lipinski definition) is 4. The Hall–Kier alpha value is -1.63. The van der Waals surface area contributed by atoms with Crippen LogP contribution in [0.15, 0.2) is 24.3 Å². The highest BCUT2D eigenvalue weighted by molar-refractivity contribution is 6.30. The van der Waals surface area contributed by atoms with E-state index < -0.39 is 0 Å². The van der Waals surface area contributed by atoms with Crippen molar-refractivity contribution in [1.29, 1.82) is 0 Å². The minimum absolute atomic E-state index is 0.0208. The zero-order valence-corrected chi connectivity index (χ0v) is 18.7. The summed E-state index contributed by atoms with van der Waals surface area (Å²) in [5.41, 5.74) is 1.16. The van der Waals surface area contributed by atoms with Gasteiger partial charge in [-0.15, -0.1) is 0 Å². The number of halogens is 1. The zero-order chi connectivity index (χ0) is 21.3. The quantitative estimate of drug-likeness (QED) is 0.732. The second kappa shape index (κ2) is 8.85. The fourth-order valence-corrected chi connectivity index (χ4v) is 5.40. The van der Waals surface area contributed by atoms with Crippen molar-refractivity contribution in [3.8, 4) is 0 Å². The summed E-state index contributed by atoms with van der Waals surface area (Å²) in [5, 5.41) is 0.628. The van der Waals surface area contributed by atoms with E-state index >= 15 is 0 Å². The number of ether oxygens (including phenoxy) is 1. The molecule has 3 aliphatic rings. The molecule has 0 radical (unpaired) electrons. The summed E-state index contributed by atoms with van der Waals surface area (Å²) in [4.78, 5) is 32.1. The Labute approximate surface area is 184 Å². The Bertz CT molecular complexity index is 788. The Morgan fingerprint density at radius 1 is 1.20 bits per heavy atom. The van der Waals surface area contributed by atoms with Gasteiger partial charge >= 0.3 is 0 Å². The van der Waals surface area contributed by atoms with Gasteiger partial charge in [0.25, 0.3) is 0 Å². The standard InChI is InChI=1S/C23H32ClN3O3/c1-23(16-26-10-12-30-13-11-26)6-8-27(9-7-23)22(29)19-15-20(28)25(2)21(19)17-4-3-5-18(24)14-17/h3-5,14,19,21H,6-13,15-16H2,1-2H3/t19-,21+/m1/s1. The molecule has 0 spiro atoms. The van der Waals surface area contributed by atoms with Crippen molar-refractivity contribution in [2.45, 2.75) is 32.2 Å². The summed E-state index contributed by atoms with van der Waals surface area (Å²) >= 11 is 6.18. The van der Waals surface area contributed by atoms with E-state index in [9.17, 15) is 9.59 Å². The number of likely N-dealkylation sites (tertiary alicyclic amines) is 2. The third kappa shape index (κ3) is 4.51. The number of morpholine rings is 1. The summed E-state index contributed by atoms with van der Waals surface area (Å²) in [5.74, 6) is -0.219. The summed E-state index contributed by atoms with van der Waals surface area (Å²) in [6.45, 7) is 8.54. The molecule has 1 aromatic carbocycles. The van der Waals surface area contributed by atoms with E-state index in [0.29, 0.717) is 5.02 Å². The molecule has 0 aliphatic carbocycles. The van der Waals surface area contributed by atoms with Gasteiger partial charge in [-0.05, 0) is 36.0 Å². The maximum Gasteiger partial charge on any atom is 0.228 e. The van der Waals surface area contributed by atoms with E-state index in [1.54, 1.807) is 11.9 Å². The van der Waals surface area contributed by atoms with Crippen LogP contribution in [-0.2, 0) is 14.3 Å². The molecule has 2 atom stereocenters. The Morgan fingerprint density at radius 2 is 1.90 bits per heavy atom. The van der Waals surface area contributed by atoms with Gasteiger partial charge < -0.3 is 14.5 Å². The first-order valence-electron chi connectivity index (χ1n) is 11.0. The van der Waals surface area contributed by atoms with E-state index in [4.69, 9.17) is 16.3 Å². The molecule has 0 unspecified atom stereocenters. The second-order valence-electron chi connectivity index (χ2n) is 9.34. The summed E-state index contributed by atoms with van der Waals surface area (Å²) in [6, 6.07) is 7.29. The van der Waals surface area contributed by atoms with Crippen LogP contribution in [0.1, 0.15) is 37.8 Å². The van der Waals surface area contributed by atoms with Crippen molar-refractivity contribution in [3.05, 3.63) is 34.9 Å². The molecule has 0 saturated carbocycles. The Morgan fingerprint density at radius 3 is 2.57 bits per heavy atom. The molecule has 3 fully saturated rings. The first kappa shape index (κ1) is 21.6. The van der Waals surface area contributed by atoms with Gasteiger partial charge in [0.05, 0.1) is 25.2 Å². The Balaban J connectivity index is 1.42. The van der Waals surface area contributed by atoms with Crippen molar-refractivity contribution in [2.24, 2.45) is 11.3 Å². The smallest absolute Gasteiger partial charge is 0.228 e. The lowest BCUT2D eigenvalue weighted by atomic mass is 9.79. The molecule has 3 heterocycles. The lowest BCUT2D eigenvalue weighted by Crippen LogP contribution is -2.50. The molecular formula is C23H32ClN3O3. The Kier molecular flexibility index (Phi) is 6.37. The molecule has 30 heavy (non-hydrogen) atoms. The molecule has 7 heteroatoms. The number of rotatable bonds is 4. The predicted molar refractivity (Wildman–Crippen MR) is 116 cm³/mol. The van der Waals surface area contributed by atoms with Crippen LogP contribution in [0.2, 0.25) is 5.02 Å². The van der Waals surface area contributed by atoms with Crippen LogP contribution in [0.25, 0.3) is 0 Å². The van der Waals surface area contributed by atoms with Crippen LogP contribution in [0, 0.1) is 11.3 Å². The monoisotopic (exact) mass is 433 g/mol. The zero-order valence-electron chi connectivity index (χ0n) is 18.0. The molecule has 0 aromatic heterocycles. The molecule has 164 valence electrons. The number of nitrogens with zero attached hydrogens (tertiary/aromatic N) is 3. The first-order chi connectivity index (χ1) is 14.4. The highest BCUT2D eigenvalue weighted by Crippen LogP contribution is 2.40. The van der Waals surface area contributed by atoms with E-state index in [0.717, 1.165) is 64.3 Å². The van der Waals surface area contributed by atoms with Gasteiger partial charge in [0.1, 0.15) is 0 Å². The average Bonchev–Trinajstić information content (AvgIpc) is 3.03. The van der Waals surface area contributed by atoms with Gasteiger partial charge in [0.2, 0.25) is 11.8 Å². The second-order valence-corrected chi connectivity index (χ2v) is 9.78. The van der Waals surface area contributed by atoms with Crippen LogP contribution in [0.5, 0.6) is 0 Å². The van der Waals surface area contributed by atoms with Crippen LogP contribution >= 0.6 is 11.6 Å². The van der Waals surface area contributed by atoms with E-state index in [-0.39, 0.29) is 35.6 Å². The largest absolute Gasteiger partial charge is 0.379 e. The van der Waals surface area contributed by atoms with Gasteiger partial charge in [0, 0.05) is 51.2 Å². The lowest BCUT2D eigenvalue weighted by Gasteiger charge is -2.43. The fraction of sp³-hybridized carbons (Fsp3) is 0.652. The molecule has 3 saturated heterocycles. The topological polar surface area (TPSA) is 53.1 Å². The molecular weight excluding hydrogens is 402 g/mol. The lowest BCUT2D eigenvalue weighted by molar-refractivity contribution is -0.139. The SMILES string of the molecule is CN1C(=O)C[C@@H](C(=O)N2CCC(C)(CN3CCOCC3)CC2)[C@@H]1c1cccc(Cl)c1. The number of piperidine rings is 1. The highest BCUT2D eigenvalue weighted by Gasteiger charge is 2.45. The van der Waals surface area contributed by atoms with Gasteiger partial charge in [-0.2, -0.15) is 0 Å². The molecule has 4 rings (SSSR count). The maximum absolute atomic E-state index is 13.4. The average molecular weight is 434 g/mol. The first-order valence-corrected chi connectivity index (χ1v) is 11.3. The van der Waals surface area contributed by atoms with Gasteiger partial charge in [-0.3, -0.25) is 14.5 Å². The highest BCUT2D eigenvalue weighted by atomic mass is 35.5. The number of benzene rings is 1. The van der Waals surface area contributed by atoms with Crippen molar-refractivity contribution < 1.29 is 14.3 Å².